The molecule has 0 unspecified atom stereocenters. The number of aromatic nitrogens is 5. The Morgan fingerprint density at radius 3 is 2.92 bits per heavy atom. The zero-order valence-electron chi connectivity index (χ0n) is 13.2. The summed E-state index contributed by atoms with van der Waals surface area (Å²) in [7, 11) is 1.61. The standard InChI is InChI=1S/C16H13N5O3S/c1-22-13-6-3-2-5-12(13)21-16(17-19-20-21)25-10-11-9-15(24-18-11)14-7-4-8-23-14/h2-9H,10H2,1H3. The van der Waals surface area contributed by atoms with Gasteiger partial charge < -0.3 is 13.7 Å². The minimum atomic E-state index is 0.555. The SMILES string of the molecule is COc1ccccc1-n1nnnc1SCc1cc(-c2ccco2)on1. The van der Waals surface area contributed by atoms with Crippen molar-refractivity contribution in [2.75, 3.05) is 7.11 Å². The van der Waals surface area contributed by atoms with E-state index in [0.29, 0.717) is 28.2 Å². The minimum absolute atomic E-state index is 0.555. The number of hydrogen-bond donors (Lipinski definition) is 0. The molecule has 3 aromatic heterocycles. The second-order valence-corrected chi connectivity index (χ2v) is 5.94. The highest BCUT2D eigenvalue weighted by atomic mass is 32.2. The summed E-state index contributed by atoms with van der Waals surface area (Å²) >= 11 is 1.45. The van der Waals surface area contributed by atoms with Crippen LogP contribution in [0, 0.1) is 0 Å². The summed E-state index contributed by atoms with van der Waals surface area (Å²) in [5, 5.41) is 16.6. The molecule has 0 saturated carbocycles. The van der Waals surface area contributed by atoms with Gasteiger partial charge in [-0.3, -0.25) is 0 Å². The van der Waals surface area contributed by atoms with Gasteiger partial charge in [0.15, 0.2) is 5.76 Å². The van der Waals surface area contributed by atoms with Gasteiger partial charge in [-0.25, -0.2) is 0 Å². The molecule has 0 aliphatic heterocycles. The number of nitrogens with zero attached hydrogens (tertiary/aromatic N) is 5. The van der Waals surface area contributed by atoms with Crippen LogP contribution < -0.4 is 4.74 Å². The van der Waals surface area contributed by atoms with Crippen LogP contribution in [0.3, 0.4) is 0 Å². The quantitative estimate of drug-likeness (QED) is 0.487. The van der Waals surface area contributed by atoms with E-state index in [-0.39, 0.29) is 0 Å². The van der Waals surface area contributed by atoms with Crippen LogP contribution in [0.25, 0.3) is 17.2 Å². The van der Waals surface area contributed by atoms with Crippen molar-refractivity contribution in [2.45, 2.75) is 10.9 Å². The van der Waals surface area contributed by atoms with Gasteiger partial charge in [-0.2, -0.15) is 4.68 Å². The largest absolute Gasteiger partial charge is 0.494 e. The van der Waals surface area contributed by atoms with E-state index in [1.165, 1.54) is 11.8 Å². The summed E-state index contributed by atoms with van der Waals surface area (Å²) in [5.41, 5.74) is 1.54. The summed E-state index contributed by atoms with van der Waals surface area (Å²) in [6.45, 7) is 0. The maximum Gasteiger partial charge on any atom is 0.214 e. The first-order valence-electron chi connectivity index (χ1n) is 7.39. The van der Waals surface area contributed by atoms with Crippen molar-refractivity contribution in [3.8, 4) is 23.0 Å². The lowest BCUT2D eigenvalue weighted by molar-refractivity contribution is 0.410. The first-order chi connectivity index (χ1) is 12.3. The number of methoxy groups -OCH3 is 1. The predicted molar refractivity (Wildman–Crippen MR) is 89.5 cm³/mol. The van der Waals surface area contributed by atoms with Crippen molar-refractivity contribution in [1.29, 1.82) is 0 Å². The molecular formula is C16H13N5O3S. The molecule has 126 valence electrons. The molecule has 0 radical (unpaired) electrons. The van der Waals surface area contributed by atoms with Crippen LogP contribution in [0.15, 0.2) is 62.8 Å². The number of tetrazole rings is 1. The van der Waals surface area contributed by atoms with Gasteiger partial charge in [-0.05, 0) is 34.7 Å². The summed E-state index contributed by atoms with van der Waals surface area (Å²) in [4.78, 5) is 0. The first kappa shape index (κ1) is 15.5. The molecule has 0 saturated heterocycles. The van der Waals surface area contributed by atoms with E-state index in [1.54, 1.807) is 24.1 Å². The van der Waals surface area contributed by atoms with Crippen LogP contribution in [-0.4, -0.2) is 32.5 Å². The highest BCUT2D eigenvalue weighted by Crippen LogP contribution is 2.28. The van der Waals surface area contributed by atoms with Gasteiger partial charge >= 0.3 is 0 Å². The Bertz CT molecular complexity index is 964. The number of furan rings is 1. The molecule has 0 bridgehead atoms. The molecule has 0 aliphatic rings. The smallest absolute Gasteiger partial charge is 0.214 e. The van der Waals surface area contributed by atoms with Crippen molar-refractivity contribution in [2.24, 2.45) is 0 Å². The fourth-order valence-electron chi connectivity index (χ4n) is 2.28. The number of ether oxygens (including phenoxy) is 1. The third-order valence-corrected chi connectivity index (χ3v) is 4.38. The minimum Gasteiger partial charge on any atom is -0.494 e. The highest BCUT2D eigenvalue weighted by molar-refractivity contribution is 7.98. The highest BCUT2D eigenvalue weighted by Gasteiger charge is 2.15. The molecule has 4 rings (SSSR count). The molecule has 25 heavy (non-hydrogen) atoms. The normalized spacial score (nSPS) is 10.9. The third-order valence-electron chi connectivity index (χ3n) is 3.43. The topological polar surface area (TPSA) is 92.0 Å². The Morgan fingerprint density at radius 2 is 2.08 bits per heavy atom. The summed E-state index contributed by atoms with van der Waals surface area (Å²) < 4.78 is 17.6. The van der Waals surface area contributed by atoms with E-state index in [2.05, 4.69) is 20.7 Å². The summed E-state index contributed by atoms with van der Waals surface area (Å²) in [6.07, 6.45) is 1.59. The van der Waals surface area contributed by atoms with E-state index in [4.69, 9.17) is 13.7 Å². The van der Waals surface area contributed by atoms with Gasteiger partial charge in [0.2, 0.25) is 10.9 Å². The lowest BCUT2D eigenvalue weighted by Crippen LogP contribution is -2.01. The van der Waals surface area contributed by atoms with Crippen LogP contribution in [-0.2, 0) is 5.75 Å². The van der Waals surface area contributed by atoms with Crippen LogP contribution in [0.5, 0.6) is 5.75 Å². The molecule has 0 N–H and O–H groups in total. The Labute approximate surface area is 146 Å². The lowest BCUT2D eigenvalue weighted by atomic mass is 10.3. The monoisotopic (exact) mass is 355 g/mol. The van der Waals surface area contributed by atoms with Gasteiger partial charge in [0, 0.05) is 11.8 Å². The maximum atomic E-state index is 5.37. The predicted octanol–water partition coefficient (Wildman–Crippen LogP) is 3.21. The second-order valence-electron chi connectivity index (χ2n) is 4.99. The molecule has 0 aliphatic carbocycles. The molecule has 3 heterocycles. The average molecular weight is 355 g/mol. The third kappa shape index (κ3) is 3.13. The van der Waals surface area contributed by atoms with E-state index in [0.717, 1.165) is 11.4 Å². The van der Waals surface area contributed by atoms with Crippen molar-refractivity contribution >= 4 is 11.8 Å². The number of rotatable bonds is 6. The molecule has 9 heteroatoms. The zero-order chi connectivity index (χ0) is 17.1. The van der Waals surface area contributed by atoms with Crippen LogP contribution in [0.4, 0.5) is 0 Å². The Hall–Kier alpha value is -3.07. The number of para-hydroxylation sites is 2. The molecular weight excluding hydrogens is 342 g/mol. The van der Waals surface area contributed by atoms with E-state index >= 15 is 0 Å². The fourth-order valence-corrected chi connectivity index (χ4v) is 3.04. The zero-order valence-corrected chi connectivity index (χ0v) is 14.0. The van der Waals surface area contributed by atoms with Crippen LogP contribution >= 0.6 is 11.8 Å². The summed E-state index contributed by atoms with van der Waals surface area (Å²) in [6, 6.07) is 13.0. The van der Waals surface area contributed by atoms with Crippen molar-refractivity contribution in [3.05, 3.63) is 54.4 Å². The van der Waals surface area contributed by atoms with Crippen molar-refractivity contribution in [3.63, 3.8) is 0 Å². The van der Waals surface area contributed by atoms with E-state index in [1.807, 2.05) is 36.4 Å². The second kappa shape index (κ2) is 6.81. The van der Waals surface area contributed by atoms with Gasteiger partial charge in [-0.1, -0.05) is 29.1 Å². The van der Waals surface area contributed by atoms with Crippen LogP contribution in [0.1, 0.15) is 5.69 Å². The molecule has 4 aromatic rings. The molecule has 0 fully saturated rings. The van der Waals surface area contributed by atoms with Gasteiger partial charge in [0.1, 0.15) is 11.4 Å². The molecule has 0 atom stereocenters. The van der Waals surface area contributed by atoms with E-state index in [9.17, 15) is 0 Å². The van der Waals surface area contributed by atoms with Crippen molar-refractivity contribution in [1.82, 2.24) is 25.4 Å². The van der Waals surface area contributed by atoms with E-state index < -0.39 is 0 Å². The number of benzene rings is 1. The first-order valence-corrected chi connectivity index (χ1v) is 8.38. The van der Waals surface area contributed by atoms with Gasteiger partial charge in [-0.15, -0.1) is 5.10 Å². The summed E-state index contributed by atoms with van der Waals surface area (Å²) in [5.74, 6) is 2.48. The maximum absolute atomic E-state index is 5.37. The van der Waals surface area contributed by atoms with Crippen LogP contribution in [0.2, 0.25) is 0 Å². The molecule has 8 nitrogen and oxygen atoms in total. The van der Waals surface area contributed by atoms with Gasteiger partial charge in [0.25, 0.3) is 0 Å². The Balaban J connectivity index is 1.52. The Morgan fingerprint density at radius 1 is 1.16 bits per heavy atom. The number of hydrogen-bond acceptors (Lipinski definition) is 8. The molecule has 1 aromatic carbocycles. The average Bonchev–Trinajstić information content (AvgIpc) is 3.40. The van der Waals surface area contributed by atoms with Gasteiger partial charge in [0.05, 0.1) is 19.1 Å². The fraction of sp³-hybridized carbons (Fsp3) is 0.125. The molecule has 0 amide bonds. The lowest BCUT2D eigenvalue weighted by Gasteiger charge is -2.08. The van der Waals surface area contributed by atoms with Crippen molar-refractivity contribution < 1.29 is 13.7 Å². The number of thioether (sulfide) groups is 1. The molecule has 0 spiro atoms. The Kier molecular flexibility index (Phi) is 4.21.